The van der Waals surface area contributed by atoms with Gasteiger partial charge < -0.3 is 15.2 Å². The Bertz CT molecular complexity index is 1200. The van der Waals surface area contributed by atoms with Gasteiger partial charge in [-0.1, -0.05) is 58.7 Å². The maximum absolute atomic E-state index is 12.6. The van der Waals surface area contributed by atoms with Crippen molar-refractivity contribution in [3.8, 4) is 0 Å². The van der Waals surface area contributed by atoms with Gasteiger partial charge in [-0.25, -0.2) is 0 Å². The molecule has 33 heavy (non-hydrogen) atoms. The number of halogens is 2. The third kappa shape index (κ3) is 6.83. The Hall–Kier alpha value is -2.81. The highest BCUT2D eigenvalue weighted by molar-refractivity contribution is 7.99. The molecule has 172 valence electrons. The Balaban J connectivity index is 1.64. The van der Waals surface area contributed by atoms with Gasteiger partial charge in [-0.15, -0.1) is 16.8 Å². The van der Waals surface area contributed by atoms with Crippen molar-refractivity contribution in [2.75, 3.05) is 16.4 Å². The summed E-state index contributed by atoms with van der Waals surface area (Å²) in [4.78, 5) is 25.0. The molecule has 3 rings (SSSR count). The summed E-state index contributed by atoms with van der Waals surface area (Å²) in [5.74, 6) is 0.113. The van der Waals surface area contributed by atoms with Crippen LogP contribution in [0, 0.1) is 13.8 Å². The number of thioether (sulfide) groups is 1. The largest absolute Gasteiger partial charge is 0.325 e. The number of nitrogens with zero attached hydrogens (tertiary/aromatic N) is 3. The Morgan fingerprint density at radius 2 is 1.79 bits per heavy atom. The van der Waals surface area contributed by atoms with Crippen molar-refractivity contribution in [1.82, 2.24) is 14.8 Å². The smallest absolute Gasteiger partial charge is 0.234 e. The summed E-state index contributed by atoms with van der Waals surface area (Å²) >= 11 is 13.2. The molecular weight excluding hydrogens is 481 g/mol. The summed E-state index contributed by atoms with van der Waals surface area (Å²) in [5.41, 5.74) is 3.34. The number of carbonyl (C=O) groups excluding carboxylic acids is 2. The average molecular weight is 504 g/mol. The second-order valence-electron chi connectivity index (χ2n) is 7.30. The number of rotatable bonds is 9. The Labute approximate surface area is 206 Å². The lowest BCUT2D eigenvalue weighted by molar-refractivity contribution is -0.116. The number of aromatic nitrogens is 3. The van der Waals surface area contributed by atoms with E-state index in [1.54, 1.807) is 28.8 Å². The zero-order valence-corrected chi connectivity index (χ0v) is 20.5. The highest BCUT2D eigenvalue weighted by Crippen LogP contribution is 2.26. The molecule has 0 aliphatic heterocycles. The second-order valence-corrected chi connectivity index (χ2v) is 9.09. The van der Waals surface area contributed by atoms with Crippen LogP contribution in [0.2, 0.25) is 10.0 Å². The second kappa shape index (κ2) is 11.4. The SMILES string of the molecule is C=CCn1c(CC(=O)Nc2ccc(C)cc2C)nnc1SCC(=O)Nc1ccc(Cl)cc1Cl. The molecule has 0 radical (unpaired) electrons. The number of aryl methyl sites for hydroxylation is 2. The van der Waals surface area contributed by atoms with E-state index in [2.05, 4.69) is 27.4 Å². The van der Waals surface area contributed by atoms with Crippen LogP contribution < -0.4 is 10.6 Å². The molecule has 0 aliphatic carbocycles. The minimum Gasteiger partial charge on any atom is -0.325 e. The van der Waals surface area contributed by atoms with Gasteiger partial charge in [-0.2, -0.15) is 0 Å². The monoisotopic (exact) mass is 503 g/mol. The highest BCUT2D eigenvalue weighted by atomic mass is 35.5. The van der Waals surface area contributed by atoms with E-state index in [4.69, 9.17) is 23.2 Å². The van der Waals surface area contributed by atoms with Gasteiger partial charge in [0, 0.05) is 17.3 Å². The zero-order valence-electron chi connectivity index (χ0n) is 18.2. The van der Waals surface area contributed by atoms with Crippen molar-refractivity contribution < 1.29 is 9.59 Å². The Morgan fingerprint density at radius 1 is 1.06 bits per heavy atom. The van der Waals surface area contributed by atoms with Crippen molar-refractivity contribution in [2.24, 2.45) is 0 Å². The molecule has 2 aromatic carbocycles. The fourth-order valence-corrected chi connectivity index (χ4v) is 4.29. The van der Waals surface area contributed by atoms with Crippen molar-refractivity contribution in [2.45, 2.75) is 32.0 Å². The average Bonchev–Trinajstić information content (AvgIpc) is 3.12. The summed E-state index contributed by atoms with van der Waals surface area (Å²) in [6, 6.07) is 10.7. The molecule has 0 saturated heterocycles. The minimum absolute atomic E-state index is 0.0430. The molecule has 0 spiro atoms. The molecular formula is C23H23Cl2N5O2S. The van der Waals surface area contributed by atoms with Gasteiger partial charge in [0.2, 0.25) is 11.8 Å². The molecule has 2 amide bonds. The number of amides is 2. The summed E-state index contributed by atoms with van der Waals surface area (Å²) in [6.07, 6.45) is 1.73. The lowest BCUT2D eigenvalue weighted by Crippen LogP contribution is -2.18. The van der Waals surface area contributed by atoms with Crippen molar-refractivity contribution in [3.63, 3.8) is 0 Å². The van der Waals surface area contributed by atoms with E-state index in [-0.39, 0.29) is 24.0 Å². The van der Waals surface area contributed by atoms with E-state index >= 15 is 0 Å². The van der Waals surface area contributed by atoms with E-state index in [0.29, 0.717) is 33.3 Å². The van der Waals surface area contributed by atoms with E-state index in [1.807, 2.05) is 32.0 Å². The van der Waals surface area contributed by atoms with E-state index in [9.17, 15) is 9.59 Å². The van der Waals surface area contributed by atoms with Gasteiger partial charge in [0.15, 0.2) is 5.16 Å². The molecule has 7 nitrogen and oxygen atoms in total. The number of carbonyl (C=O) groups is 2. The van der Waals surface area contributed by atoms with Crippen molar-refractivity contribution >= 4 is 58.2 Å². The number of hydrogen-bond donors (Lipinski definition) is 2. The fraction of sp³-hybridized carbons (Fsp3) is 0.217. The topological polar surface area (TPSA) is 88.9 Å². The Morgan fingerprint density at radius 3 is 2.48 bits per heavy atom. The number of anilines is 2. The highest BCUT2D eigenvalue weighted by Gasteiger charge is 2.17. The van der Waals surface area contributed by atoms with Gasteiger partial charge in [0.25, 0.3) is 0 Å². The summed E-state index contributed by atoms with van der Waals surface area (Å²) in [5, 5.41) is 15.3. The van der Waals surface area contributed by atoms with Crippen LogP contribution in [-0.4, -0.2) is 32.3 Å². The maximum atomic E-state index is 12.6. The van der Waals surface area contributed by atoms with Crippen molar-refractivity contribution in [1.29, 1.82) is 0 Å². The standard InChI is InChI=1S/C23H23Cl2N5O2S/c1-4-9-30-20(12-21(31)26-18-7-5-14(2)10-15(18)3)28-29-23(30)33-13-22(32)27-19-8-6-16(24)11-17(19)25/h4-8,10-11H,1,9,12-13H2,2-3H3,(H,26,31)(H,27,32). The number of nitrogens with one attached hydrogen (secondary N) is 2. The molecule has 0 fully saturated rings. The fourth-order valence-electron chi connectivity index (χ4n) is 3.07. The molecule has 1 aromatic heterocycles. The molecule has 1 heterocycles. The Kier molecular flexibility index (Phi) is 8.55. The molecule has 10 heteroatoms. The zero-order chi connectivity index (χ0) is 24.0. The van der Waals surface area contributed by atoms with Gasteiger partial charge in [0.1, 0.15) is 5.82 Å². The van der Waals surface area contributed by atoms with Crippen molar-refractivity contribution in [3.05, 3.63) is 76.0 Å². The minimum atomic E-state index is -0.258. The number of hydrogen-bond acceptors (Lipinski definition) is 5. The first-order valence-corrected chi connectivity index (χ1v) is 11.8. The van der Waals surface area contributed by atoms with E-state index in [0.717, 1.165) is 16.8 Å². The summed E-state index contributed by atoms with van der Waals surface area (Å²) in [6.45, 7) is 8.11. The first kappa shape index (κ1) is 24.8. The van der Waals surface area contributed by atoms with Crippen LogP contribution in [0.5, 0.6) is 0 Å². The lowest BCUT2D eigenvalue weighted by Gasteiger charge is -2.10. The third-order valence-corrected chi connectivity index (χ3v) is 6.13. The quantitative estimate of drug-likeness (QED) is 0.305. The first-order valence-electron chi connectivity index (χ1n) is 10.0. The third-order valence-electron chi connectivity index (χ3n) is 4.62. The van der Waals surface area contributed by atoms with Crippen LogP contribution >= 0.6 is 35.0 Å². The van der Waals surface area contributed by atoms with Crippen LogP contribution in [0.25, 0.3) is 0 Å². The van der Waals surface area contributed by atoms with Crippen LogP contribution in [0.15, 0.2) is 54.2 Å². The predicted molar refractivity (Wildman–Crippen MR) is 134 cm³/mol. The molecule has 2 N–H and O–H groups in total. The molecule has 3 aromatic rings. The van der Waals surface area contributed by atoms with Crippen LogP contribution in [0.1, 0.15) is 17.0 Å². The molecule has 0 saturated carbocycles. The normalized spacial score (nSPS) is 10.7. The molecule has 0 unspecified atom stereocenters. The van der Waals surface area contributed by atoms with E-state index < -0.39 is 0 Å². The van der Waals surface area contributed by atoms with Crippen LogP contribution in [0.4, 0.5) is 11.4 Å². The van der Waals surface area contributed by atoms with E-state index in [1.165, 1.54) is 11.8 Å². The molecule has 0 aliphatic rings. The number of benzene rings is 2. The van der Waals surface area contributed by atoms with Gasteiger partial charge in [-0.3, -0.25) is 9.59 Å². The molecule has 0 bridgehead atoms. The van der Waals surface area contributed by atoms with Crippen LogP contribution in [-0.2, 0) is 22.6 Å². The van der Waals surface area contributed by atoms with Gasteiger partial charge in [0.05, 0.1) is 22.9 Å². The predicted octanol–water partition coefficient (Wildman–Crippen LogP) is 5.30. The van der Waals surface area contributed by atoms with Crippen LogP contribution in [0.3, 0.4) is 0 Å². The first-order chi connectivity index (χ1) is 15.8. The summed E-state index contributed by atoms with van der Waals surface area (Å²) in [7, 11) is 0. The number of allylic oxidation sites excluding steroid dienone is 1. The summed E-state index contributed by atoms with van der Waals surface area (Å²) < 4.78 is 1.77. The molecule has 0 atom stereocenters. The lowest BCUT2D eigenvalue weighted by atomic mass is 10.1. The van der Waals surface area contributed by atoms with Gasteiger partial charge in [-0.05, 0) is 43.7 Å². The van der Waals surface area contributed by atoms with Gasteiger partial charge >= 0.3 is 0 Å². The maximum Gasteiger partial charge on any atom is 0.234 e.